The molecule has 3 aliphatic carbocycles. The maximum Gasteiger partial charge on any atom is 0.254 e. The molecule has 0 aromatic heterocycles. The number of hydrogen-bond acceptors (Lipinski definition) is 5. The van der Waals surface area contributed by atoms with Crippen molar-refractivity contribution in [2.75, 3.05) is 6.61 Å². The van der Waals surface area contributed by atoms with Crippen LogP contribution in [0.4, 0.5) is 0 Å². The predicted octanol–water partition coefficient (Wildman–Crippen LogP) is 5.61. The third-order valence-electron chi connectivity index (χ3n) is 7.78. The fourth-order valence-electron chi connectivity index (χ4n) is 6.10. The first kappa shape index (κ1) is 22.8. The van der Waals surface area contributed by atoms with Crippen LogP contribution in [-0.4, -0.2) is 29.6 Å². The minimum absolute atomic E-state index is 0.175. The number of rotatable bonds is 7. The van der Waals surface area contributed by atoms with Crippen molar-refractivity contribution in [3.05, 3.63) is 69.2 Å². The second-order valence-corrected chi connectivity index (χ2v) is 10.9. The summed E-state index contributed by atoms with van der Waals surface area (Å²) in [7, 11) is 0. The Balaban J connectivity index is 1.21. The highest BCUT2D eigenvalue weighted by atomic mass is 79.9. The lowest BCUT2D eigenvalue weighted by atomic mass is 9.85. The number of fused-ring (bicyclic) bond motifs is 3. The Morgan fingerprint density at radius 3 is 2.34 bits per heavy atom. The van der Waals surface area contributed by atoms with Gasteiger partial charge in [-0.05, 0) is 88.3 Å². The molecule has 0 radical (unpaired) electrons. The van der Waals surface area contributed by atoms with Crippen molar-refractivity contribution >= 4 is 45.6 Å². The molecule has 1 aliphatic heterocycles. The van der Waals surface area contributed by atoms with Crippen LogP contribution in [0.25, 0.3) is 0 Å². The van der Waals surface area contributed by atoms with E-state index in [9.17, 15) is 9.59 Å². The molecule has 180 valence electrons. The van der Waals surface area contributed by atoms with Gasteiger partial charge in [-0.1, -0.05) is 35.9 Å². The topological polar surface area (TPSA) is 68.2 Å². The number of hydrazone groups is 1. The van der Waals surface area contributed by atoms with Crippen LogP contribution in [0.2, 0.25) is 5.02 Å². The Kier molecular flexibility index (Phi) is 5.53. The molecule has 1 saturated heterocycles. The molecule has 4 atom stereocenters. The van der Waals surface area contributed by atoms with Crippen molar-refractivity contribution < 1.29 is 19.1 Å². The number of allylic oxidation sites excluding steroid dienone is 2. The molecule has 8 heteroatoms. The lowest BCUT2D eigenvalue weighted by Gasteiger charge is -2.18. The zero-order valence-electron chi connectivity index (χ0n) is 19.1. The van der Waals surface area contributed by atoms with E-state index < -0.39 is 0 Å². The standard InChI is InChI=1S/C27H24BrClN2O4/c1-2-34-21-12-16(11-20(28)24(21)35-14-15-3-5-17(29)6-4-15)13-30-31-25(32)22-18-7-8-19(23(22)26(31)33)27(18)9-10-27/h3-8,11-13,18-19,22-23H,2,9-10,14H2,1H3/b30-13-/t18-,19-,22-,23+/m1/s1. The number of amides is 2. The van der Waals surface area contributed by atoms with E-state index in [-0.39, 0.29) is 40.9 Å². The van der Waals surface area contributed by atoms with E-state index >= 15 is 0 Å². The van der Waals surface area contributed by atoms with Crippen LogP contribution in [-0.2, 0) is 16.2 Å². The Bertz CT molecular complexity index is 1240. The van der Waals surface area contributed by atoms with E-state index in [2.05, 4.69) is 33.2 Å². The summed E-state index contributed by atoms with van der Waals surface area (Å²) in [5.41, 5.74) is 1.84. The molecule has 4 aliphatic rings. The van der Waals surface area contributed by atoms with Gasteiger partial charge in [-0.3, -0.25) is 9.59 Å². The molecule has 6 nitrogen and oxygen atoms in total. The van der Waals surface area contributed by atoms with Gasteiger partial charge in [0.1, 0.15) is 6.61 Å². The van der Waals surface area contributed by atoms with E-state index in [4.69, 9.17) is 21.1 Å². The third kappa shape index (κ3) is 3.62. The zero-order chi connectivity index (χ0) is 24.3. The molecule has 0 unspecified atom stereocenters. The van der Waals surface area contributed by atoms with E-state index in [0.717, 1.165) is 23.4 Å². The van der Waals surface area contributed by atoms with Crippen molar-refractivity contribution in [3.8, 4) is 11.5 Å². The first-order valence-corrected chi connectivity index (χ1v) is 13.0. The van der Waals surface area contributed by atoms with Crippen molar-refractivity contribution in [1.29, 1.82) is 0 Å². The number of imide groups is 1. The minimum Gasteiger partial charge on any atom is -0.490 e. The molecule has 35 heavy (non-hydrogen) atoms. The van der Waals surface area contributed by atoms with Crippen molar-refractivity contribution in [3.63, 3.8) is 0 Å². The largest absolute Gasteiger partial charge is 0.490 e. The molecule has 2 amide bonds. The molecule has 2 aromatic carbocycles. The van der Waals surface area contributed by atoms with Gasteiger partial charge in [-0.25, -0.2) is 0 Å². The van der Waals surface area contributed by atoms with Gasteiger partial charge in [-0.2, -0.15) is 10.1 Å². The van der Waals surface area contributed by atoms with Crippen molar-refractivity contribution in [2.45, 2.75) is 26.4 Å². The molecule has 2 aromatic rings. The fraction of sp³-hybridized carbons (Fsp3) is 0.370. The van der Waals surface area contributed by atoms with Gasteiger partial charge in [0.15, 0.2) is 11.5 Å². The number of ether oxygens (including phenoxy) is 2. The first-order chi connectivity index (χ1) is 16.9. The average Bonchev–Trinajstić information content (AvgIpc) is 3.44. The van der Waals surface area contributed by atoms with Crippen LogP contribution in [0.1, 0.15) is 30.9 Å². The molecule has 1 heterocycles. The Hall–Kier alpha value is -2.64. The molecular weight excluding hydrogens is 532 g/mol. The maximum absolute atomic E-state index is 13.2. The number of carbonyl (C=O) groups excluding carboxylic acids is 2. The summed E-state index contributed by atoms with van der Waals surface area (Å²) in [6, 6.07) is 11.1. The second kappa shape index (κ2) is 8.49. The molecule has 6 rings (SSSR count). The number of hydrogen-bond donors (Lipinski definition) is 0. The Labute approximate surface area is 217 Å². The van der Waals surface area contributed by atoms with Gasteiger partial charge >= 0.3 is 0 Å². The van der Waals surface area contributed by atoms with Gasteiger partial charge < -0.3 is 9.47 Å². The van der Waals surface area contributed by atoms with Crippen molar-refractivity contribution in [2.24, 2.45) is 34.2 Å². The fourth-order valence-corrected chi connectivity index (χ4v) is 6.80. The average molecular weight is 556 g/mol. The summed E-state index contributed by atoms with van der Waals surface area (Å²) in [6.07, 6.45) is 8.09. The first-order valence-electron chi connectivity index (χ1n) is 11.9. The molecule has 1 spiro atoms. The highest BCUT2D eigenvalue weighted by Gasteiger charge is 2.73. The van der Waals surface area contributed by atoms with Gasteiger partial charge in [0.25, 0.3) is 11.8 Å². The molecule has 0 N–H and O–H groups in total. The van der Waals surface area contributed by atoms with Gasteiger partial charge in [0, 0.05) is 5.02 Å². The monoisotopic (exact) mass is 554 g/mol. The highest BCUT2D eigenvalue weighted by Crippen LogP contribution is 2.73. The van der Waals surface area contributed by atoms with E-state index in [1.807, 2.05) is 37.3 Å². The number of halogens is 2. The summed E-state index contributed by atoms with van der Waals surface area (Å²) in [6.45, 7) is 2.70. The summed E-state index contributed by atoms with van der Waals surface area (Å²) < 4.78 is 12.5. The summed E-state index contributed by atoms with van der Waals surface area (Å²) in [5, 5.41) is 6.08. The summed E-state index contributed by atoms with van der Waals surface area (Å²) >= 11 is 9.53. The van der Waals surface area contributed by atoms with Crippen LogP contribution in [0.15, 0.2) is 58.1 Å². The molecular formula is C27H24BrClN2O4. The predicted molar refractivity (Wildman–Crippen MR) is 135 cm³/mol. The number of nitrogens with zero attached hydrogens (tertiary/aromatic N) is 2. The SMILES string of the molecule is CCOc1cc(/C=N\N2C(=O)[C@@H]3[C@H](C2=O)[C@H]2C=C[C@H]3C23CC3)cc(Br)c1OCc1ccc(Cl)cc1. The smallest absolute Gasteiger partial charge is 0.254 e. The quantitative estimate of drug-likeness (QED) is 0.253. The lowest BCUT2D eigenvalue weighted by molar-refractivity contribution is -0.141. The zero-order valence-corrected chi connectivity index (χ0v) is 21.5. The number of carbonyl (C=O) groups is 2. The molecule has 3 fully saturated rings. The minimum atomic E-state index is -0.258. The van der Waals surface area contributed by atoms with Crippen LogP contribution in [0.3, 0.4) is 0 Å². The molecule has 2 bridgehead atoms. The van der Waals surface area contributed by atoms with Crippen LogP contribution >= 0.6 is 27.5 Å². The Morgan fingerprint density at radius 2 is 1.74 bits per heavy atom. The highest BCUT2D eigenvalue weighted by molar-refractivity contribution is 9.10. The van der Waals surface area contributed by atoms with Gasteiger partial charge in [0.2, 0.25) is 0 Å². The second-order valence-electron chi connectivity index (χ2n) is 9.63. The number of benzene rings is 2. The third-order valence-corrected chi connectivity index (χ3v) is 8.62. The van der Waals surface area contributed by atoms with E-state index in [1.54, 1.807) is 6.07 Å². The van der Waals surface area contributed by atoms with Crippen LogP contribution < -0.4 is 9.47 Å². The molecule has 2 saturated carbocycles. The van der Waals surface area contributed by atoms with Crippen molar-refractivity contribution in [1.82, 2.24) is 5.01 Å². The summed E-state index contributed by atoms with van der Waals surface area (Å²) in [5.74, 6) is 0.621. The van der Waals surface area contributed by atoms with E-state index in [0.29, 0.717) is 39.8 Å². The van der Waals surface area contributed by atoms with Crippen LogP contribution in [0.5, 0.6) is 11.5 Å². The van der Waals surface area contributed by atoms with Gasteiger partial charge in [-0.15, -0.1) is 0 Å². The normalized spacial score (nSPS) is 27.3. The van der Waals surface area contributed by atoms with E-state index in [1.165, 1.54) is 6.21 Å². The Morgan fingerprint density at radius 1 is 1.09 bits per heavy atom. The van der Waals surface area contributed by atoms with Gasteiger partial charge in [0.05, 0.1) is 29.1 Å². The maximum atomic E-state index is 13.2. The summed E-state index contributed by atoms with van der Waals surface area (Å²) in [4.78, 5) is 26.3. The lowest BCUT2D eigenvalue weighted by Crippen LogP contribution is -2.30. The van der Waals surface area contributed by atoms with Crippen LogP contribution in [0, 0.1) is 29.1 Å².